The Labute approximate surface area is 188 Å². The Morgan fingerprint density at radius 1 is 1.26 bits per heavy atom. The molecule has 3 aromatic rings. The molecule has 1 aromatic heterocycles. The third kappa shape index (κ3) is 4.88. The number of benzene rings is 2. The van der Waals surface area contributed by atoms with Crippen molar-refractivity contribution in [2.45, 2.75) is 31.7 Å². The van der Waals surface area contributed by atoms with Crippen LogP contribution in [-0.4, -0.2) is 33.2 Å². The molecule has 0 fully saturated rings. The first-order chi connectivity index (χ1) is 15.0. The van der Waals surface area contributed by atoms with Gasteiger partial charge in [0.2, 0.25) is 12.7 Å². The number of aromatic nitrogens is 3. The Balaban J connectivity index is 1.38. The van der Waals surface area contributed by atoms with Crippen molar-refractivity contribution in [2.75, 3.05) is 17.9 Å². The van der Waals surface area contributed by atoms with Crippen LogP contribution in [0.25, 0.3) is 0 Å². The Kier molecular flexibility index (Phi) is 6.53. The predicted octanol–water partition coefficient (Wildman–Crippen LogP) is 4.55. The number of hydrogen-bond donors (Lipinski definition) is 1. The van der Waals surface area contributed by atoms with Gasteiger partial charge in [0, 0.05) is 18.3 Å². The molecule has 1 amide bonds. The van der Waals surface area contributed by atoms with Gasteiger partial charge in [0.1, 0.15) is 5.75 Å². The van der Waals surface area contributed by atoms with E-state index in [-0.39, 0.29) is 24.6 Å². The van der Waals surface area contributed by atoms with Gasteiger partial charge in [0.05, 0.1) is 10.8 Å². The number of thioether (sulfide) groups is 1. The molecule has 1 atom stereocenters. The van der Waals surface area contributed by atoms with Crippen molar-refractivity contribution >= 4 is 35.0 Å². The summed E-state index contributed by atoms with van der Waals surface area (Å²) < 4.78 is 18.5. The molecule has 0 saturated heterocycles. The number of hydrogen-bond acceptors (Lipinski definition) is 7. The maximum atomic E-state index is 12.4. The average Bonchev–Trinajstić information content (AvgIpc) is 3.40. The van der Waals surface area contributed by atoms with E-state index >= 15 is 0 Å². The first-order valence-electron chi connectivity index (χ1n) is 9.71. The maximum Gasteiger partial charge on any atom is 0.234 e. The number of rotatable bonds is 8. The number of carbonyl (C=O) groups is 1. The van der Waals surface area contributed by atoms with Crippen LogP contribution in [0.1, 0.15) is 25.8 Å². The lowest BCUT2D eigenvalue weighted by atomic mass is 10.3. The summed E-state index contributed by atoms with van der Waals surface area (Å²) in [5, 5.41) is 12.6. The highest BCUT2D eigenvalue weighted by atomic mass is 35.5. The SMILES string of the molecule is CCn1c(SCC(=O)Nc2ccc3c(c2)OCO3)nnc1C(C)Oc1ccccc1Cl. The molecule has 1 aliphatic heterocycles. The smallest absolute Gasteiger partial charge is 0.234 e. The van der Waals surface area contributed by atoms with Gasteiger partial charge in [0.15, 0.2) is 28.6 Å². The maximum absolute atomic E-state index is 12.4. The number of carbonyl (C=O) groups excluding carboxylic acids is 1. The first-order valence-corrected chi connectivity index (χ1v) is 11.1. The summed E-state index contributed by atoms with van der Waals surface area (Å²) in [5.41, 5.74) is 0.647. The molecule has 1 aliphatic rings. The summed E-state index contributed by atoms with van der Waals surface area (Å²) in [5.74, 6) is 2.57. The summed E-state index contributed by atoms with van der Waals surface area (Å²) in [6.07, 6.45) is -0.357. The number of ether oxygens (including phenoxy) is 3. The van der Waals surface area contributed by atoms with Crippen LogP contribution >= 0.6 is 23.4 Å². The number of amides is 1. The van der Waals surface area contributed by atoms with E-state index in [2.05, 4.69) is 15.5 Å². The summed E-state index contributed by atoms with van der Waals surface area (Å²) in [4.78, 5) is 12.4. The Morgan fingerprint density at radius 2 is 2.06 bits per heavy atom. The van der Waals surface area contributed by atoms with E-state index in [0.717, 1.165) is 0 Å². The monoisotopic (exact) mass is 460 g/mol. The molecule has 0 saturated carbocycles. The molecule has 8 nitrogen and oxygen atoms in total. The van der Waals surface area contributed by atoms with Crippen molar-refractivity contribution in [3.05, 3.63) is 53.3 Å². The van der Waals surface area contributed by atoms with Crippen LogP contribution < -0.4 is 19.5 Å². The van der Waals surface area contributed by atoms with Crippen molar-refractivity contribution in [1.29, 1.82) is 0 Å². The third-order valence-electron chi connectivity index (χ3n) is 4.55. The number of halogens is 1. The highest BCUT2D eigenvalue weighted by molar-refractivity contribution is 7.99. The van der Waals surface area contributed by atoms with Gasteiger partial charge < -0.3 is 24.1 Å². The number of nitrogens with one attached hydrogen (secondary N) is 1. The lowest BCUT2D eigenvalue weighted by Crippen LogP contribution is -2.15. The van der Waals surface area contributed by atoms with Gasteiger partial charge in [-0.1, -0.05) is 35.5 Å². The minimum atomic E-state index is -0.357. The zero-order valence-corrected chi connectivity index (χ0v) is 18.6. The van der Waals surface area contributed by atoms with Crippen molar-refractivity contribution in [3.63, 3.8) is 0 Å². The van der Waals surface area contributed by atoms with E-state index in [0.29, 0.717) is 45.5 Å². The van der Waals surface area contributed by atoms with E-state index < -0.39 is 0 Å². The fourth-order valence-electron chi connectivity index (χ4n) is 3.09. The van der Waals surface area contributed by atoms with Crippen LogP contribution in [0.4, 0.5) is 5.69 Å². The largest absolute Gasteiger partial charge is 0.481 e. The Hall–Kier alpha value is -2.91. The van der Waals surface area contributed by atoms with E-state index in [9.17, 15) is 4.79 Å². The molecule has 4 rings (SSSR count). The van der Waals surface area contributed by atoms with Gasteiger partial charge in [0.25, 0.3) is 0 Å². The van der Waals surface area contributed by atoms with E-state index in [1.54, 1.807) is 24.3 Å². The average molecular weight is 461 g/mol. The van der Waals surface area contributed by atoms with Gasteiger partial charge in [-0.15, -0.1) is 10.2 Å². The second-order valence-electron chi connectivity index (χ2n) is 6.68. The molecule has 31 heavy (non-hydrogen) atoms. The van der Waals surface area contributed by atoms with Crippen LogP contribution in [0.2, 0.25) is 5.02 Å². The second-order valence-corrected chi connectivity index (χ2v) is 8.03. The molecule has 1 N–H and O–H groups in total. The molecule has 0 bridgehead atoms. The molecule has 162 valence electrons. The number of anilines is 1. The lowest BCUT2D eigenvalue weighted by Gasteiger charge is -2.16. The van der Waals surface area contributed by atoms with Crippen molar-refractivity contribution in [2.24, 2.45) is 0 Å². The molecule has 0 spiro atoms. The van der Waals surface area contributed by atoms with Gasteiger partial charge in [-0.3, -0.25) is 4.79 Å². The minimum Gasteiger partial charge on any atom is -0.481 e. The fraction of sp³-hybridized carbons (Fsp3) is 0.286. The van der Waals surface area contributed by atoms with Crippen molar-refractivity contribution in [3.8, 4) is 17.2 Å². The van der Waals surface area contributed by atoms with Crippen LogP contribution in [0.15, 0.2) is 47.6 Å². The number of para-hydroxylation sites is 1. The molecule has 1 unspecified atom stereocenters. The normalized spacial score (nSPS) is 13.1. The molecule has 10 heteroatoms. The van der Waals surface area contributed by atoms with Gasteiger partial charge in [-0.05, 0) is 38.1 Å². The van der Waals surface area contributed by atoms with Gasteiger partial charge >= 0.3 is 0 Å². The van der Waals surface area contributed by atoms with E-state index in [4.69, 9.17) is 25.8 Å². The summed E-state index contributed by atoms with van der Waals surface area (Å²) in [6.45, 7) is 4.72. The fourth-order valence-corrected chi connectivity index (χ4v) is 4.08. The van der Waals surface area contributed by atoms with Crippen LogP contribution in [0.5, 0.6) is 17.2 Å². The minimum absolute atomic E-state index is 0.156. The Morgan fingerprint density at radius 3 is 2.87 bits per heavy atom. The quantitative estimate of drug-likeness (QED) is 0.493. The second kappa shape index (κ2) is 9.49. The molecule has 2 aromatic carbocycles. The van der Waals surface area contributed by atoms with Gasteiger partial charge in [-0.25, -0.2) is 0 Å². The van der Waals surface area contributed by atoms with Crippen LogP contribution in [0.3, 0.4) is 0 Å². The van der Waals surface area contributed by atoms with Crippen molar-refractivity contribution in [1.82, 2.24) is 14.8 Å². The lowest BCUT2D eigenvalue weighted by molar-refractivity contribution is -0.113. The van der Waals surface area contributed by atoms with Crippen LogP contribution in [-0.2, 0) is 11.3 Å². The zero-order chi connectivity index (χ0) is 21.8. The zero-order valence-electron chi connectivity index (χ0n) is 17.0. The highest BCUT2D eigenvalue weighted by Crippen LogP contribution is 2.34. The Bertz CT molecular complexity index is 1090. The van der Waals surface area contributed by atoms with E-state index in [1.807, 2.05) is 36.6 Å². The standard InChI is InChI=1S/C21H21ClN4O4S/c1-3-26-20(13(2)30-16-7-5-4-6-15(16)22)24-25-21(26)31-11-19(27)23-14-8-9-17-18(10-14)29-12-28-17/h4-10,13H,3,11-12H2,1-2H3,(H,23,27). The third-order valence-corrected chi connectivity index (χ3v) is 5.83. The van der Waals surface area contributed by atoms with Crippen molar-refractivity contribution < 1.29 is 19.0 Å². The molecule has 0 radical (unpaired) electrons. The van der Waals surface area contributed by atoms with Gasteiger partial charge in [-0.2, -0.15) is 0 Å². The highest BCUT2D eigenvalue weighted by Gasteiger charge is 2.20. The molecular weight excluding hydrogens is 440 g/mol. The molecule has 0 aliphatic carbocycles. The summed E-state index contributed by atoms with van der Waals surface area (Å²) in [6, 6.07) is 12.6. The first kappa shape index (κ1) is 21.3. The van der Waals surface area contributed by atoms with E-state index in [1.165, 1.54) is 11.8 Å². The number of fused-ring (bicyclic) bond motifs is 1. The number of nitrogens with zero attached hydrogens (tertiary/aromatic N) is 3. The predicted molar refractivity (Wildman–Crippen MR) is 118 cm³/mol. The molecular formula is C21H21ClN4O4S. The summed E-state index contributed by atoms with van der Waals surface area (Å²) >= 11 is 7.50. The topological polar surface area (TPSA) is 87.5 Å². The molecule has 2 heterocycles. The summed E-state index contributed by atoms with van der Waals surface area (Å²) in [7, 11) is 0. The van der Waals surface area contributed by atoms with Crippen LogP contribution in [0, 0.1) is 0 Å².